The van der Waals surface area contributed by atoms with Gasteiger partial charge in [0.25, 0.3) is 11.8 Å². The van der Waals surface area contributed by atoms with E-state index in [1.54, 1.807) is 16.9 Å². The Labute approximate surface area is 186 Å². The zero-order chi connectivity index (χ0) is 22.6. The molecule has 5 rings (SSSR count). The molecule has 1 saturated carbocycles. The third kappa shape index (κ3) is 3.21. The van der Waals surface area contributed by atoms with E-state index < -0.39 is 0 Å². The van der Waals surface area contributed by atoms with Gasteiger partial charge in [0.05, 0.1) is 18.7 Å². The smallest absolute Gasteiger partial charge is 0.274 e. The number of nitrogens with zero attached hydrogens (tertiary/aromatic N) is 3. The highest BCUT2D eigenvalue weighted by Crippen LogP contribution is 2.42. The molecular formula is C24H29N5O3. The predicted octanol–water partition coefficient (Wildman–Crippen LogP) is 2.96. The Balaban J connectivity index is 1.39. The van der Waals surface area contributed by atoms with E-state index in [4.69, 9.17) is 4.74 Å². The predicted molar refractivity (Wildman–Crippen MR) is 121 cm³/mol. The lowest BCUT2D eigenvalue weighted by Crippen LogP contribution is -2.43. The van der Waals surface area contributed by atoms with Crippen molar-refractivity contribution < 1.29 is 14.3 Å². The van der Waals surface area contributed by atoms with Crippen LogP contribution >= 0.6 is 0 Å². The van der Waals surface area contributed by atoms with Gasteiger partial charge in [-0.2, -0.15) is 5.10 Å². The Kier molecular flexibility index (Phi) is 4.85. The second-order valence-corrected chi connectivity index (χ2v) is 9.18. The Hall–Kier alpha value is -3.13. The van der Waals surface area contributed by atoms with Crippen molar-refractivity contribution in [3.05, 3.63) is 52.0 Å². The molecule has 1 fully saturated rings. The van der Waals surface area contributed by atoms with Crippen molar-refractivity contribution >= 4 is 22.7 Å². The van der Waals surface area contributed by atoms with Gasteiger partial charge in [-0.05, 0) is 43.9 Å². The second-order valence-electron chi connectivity index (χ2n) is 9.18. The number of likely N-dealkylation sites (N-methyl/N-ethyl adjacent to an activating group) is 1. The van der Waals surface area contributed by atoms with Crippen LogP contribution in [0.5, 0.6) is 0 Å². The Bertz CT molecular complexity index is 1220. The summed E-state index contributed by atoms with van der Waals surface area (Å²) in [6.07, 6.45) is 2.51. The van der Waals surface area contributed by atoms with E-state index in [9.17, 15) is 9.59 Å². The summed E-state index contributed by atoms with van der Waals surface area (Å²) in [4.78, 5) is 33.4. The van der Waals surface area contributed by atoms with Gasteiger partial charge in [-0.15, -0.1) is 0 Å². The SMILES string of the molecule is COCC1(N(C)C(=O)c2n[nH]c3c2CN(C(=O)c2cc4ccc(C)c(C)c4[nH]2)CC3)CC1. The van der Waals surface area contributed by atoms with E-state index in [0.29, 0.717) is 37.5 Å². The largest absolute Gasteiger partial charge is 0.382 e. The van der Waals surface area contributed by atoms with Crippen LogP contribution in [0.3, 0.4) is 0 Å². The van der Waals surface area contributed by atoms with Crippen molar-refractivity contribution in [3.63, 3.8) is 0 Å². The van der Waals surface area contributed by atoms with Gasteiger partial charge in [0, 0.05) is 49.3 Å². The molecular weight excluding hydrogens is 406 g/mol. The maximum absolute atomic E-state index is 13.3. The highest BCUT2D eigenvalue weighted by atomic mass is 16.5. The van der Waals surface area contributed by atoms with Crippen molar-refractivity contribution in [1.82, 2.24) is 25.0 Å². The van der Waals surface area contributed by atoms with Crippen molar-refractivity contribution in [1.29, 1.82) is 0 Å². The van der Waals surface area contributed by atoms with Crippen molar-refractivity contribution in [2.45, 2.75) is 45.2 Å². The summed E-state index contributed by atoms with van der Waals surface area (Å²) in [6.45, 7) is 5.59. The van der Waals surface area contributed by atoms with Gasteiger partial charge in [0.15, 0.2) is 5.69 Å². The van der Waals surface area contributed by atoms with Crippen LogP contribution in [0, 0.1) is 13.8 Å². The number of rotatable bonds is 5. The molecule has 32 heavy (non-hydrogen) atoms. The van der Waals surface area contributed by atoms with Crippen LogP contribution < -0.4 is 0 Å². The Morgan fingerprint density at radius 1 is 1.28 bits per heavy atom. The van der Waals surface area contributed by atoms with Crippen molar-refractivity contribution in [2.24, 2.45) is 0 Å². The summed E-state index contributed by atoms with van der Waals surface area (Å²) < 4.78 is 5.33. The molecule has 1 aromatic carbocycles. The molecule has 0 saturated heterocycles. The van der Waals surface area contributed by atoms with Gasteiger partial charge in [-0.25, -0.2) is 0 Å². The lowest BCUT2D eigenvalue weighted by molar-refractivity contribution is 0.0541. The first-order valence-corrected chi connectivity index (χ1v) is 11.1. The topological polar surface area (TPSA) is 94.3 Å². The number of fused-ring (bicyclic) bond motifs is 2. The number of carbonyl (C=O) groups excluding carboxylic acids is 2. The summed E-state index contributed by atoms with van der Waals surface area (Å²) in [5.41, 5.74) is 5.84. The third-order valence-electron chi connectivity index (χ3n) is 7.24. The fourth-order valence-electron chi connectivity index (χ4n) is 4.74. The lowest BCUT2D eigenvalue weighted by Gasteiger charge is -2.29. The zero-order valence-electron chi connectivity index (χ0n) is 19.0. The van der Waals surface area contributed by atoms with E-state index in [0.717, 1.165) is 40.6 Å². The maximum Gasteiger partial charge on any atom is 0.274 e. The molecule has 2 aliphatic rings. The fourth-order valence-corrected chi connectivity index (χ4v) is 4.74. The third-order valence-corrected chi connectivity index (χ3v) is 7.24. The molecule has 2 amide bonds. The first-order valence-electron chi connectivity index (χ1n) is 11.1. The summed E-state index contributed by atoms with van der Waals surface area (Å²) in [5.74, 6) is -0.182. The lowest BCUT2D eigenvalue weighted by atomic mass is 10.0. The van der Waals surface area contributed by atoms with E-state index in [1.807, 2.05) is 19.2 Å². The molecule has 0 unspecified atom stereocenters. The van der Waals surface area contributed by atoms with E-state index in [-0.39, 0.29) is 17.4 Å². The maximum atomic E-state index is 13.3. The molecule has 3 aromatic rings. The highest BCUT2D eigenvalue weighted by Gasteiger charge is 2.49. The molecule has 0 spiro atoms. The number of aryl methyl sites for hydroxylation is 2. The summed E-state index contributed by atoms with van der Waals surface area (Å²) in [6, 6.07) is 6.02. The number of nitrogens with one attached hydrogen (secondary N) is 2. The number of hydrogen-bond donors (Lipinski definition) is 2. The number of carbonyl (C=O) groups is 2. The van der Waals surface area contributed by atoms with Gasteiger partial charge in [0.1, 0.15) is 5.69 Å². The minimum atomic E-state index is -0.234. The minimum Gasteiger partial charge on any atom is -0.382 e. The minimum absolute atomic E-state index is 0.0603. The molecule has 0 atom stereocenters. The highest BCUT2D eigenvalue weighted by molar-refractivity contribution is 5.99. The first kappa shape index (κ1) is 20.8. The van der Waals surface area contributed by atoms with E-state index >= 15 is 0 Å². The monoisotopic (exact) mass is 435 g/mol. The molecule has 8 heteroatoms. The fraction of sp³-hybridized carbons (Fsp3) is 0.458. The molecule has 2 aromatic heterocycles. The molecule has 2 N–H and O–H groups in total. The molecule has 0 radical (unpaired) electrons. The summed E-state index contributed by atoms with van der Waals surface area (Å²) in [7, 11) is 3.47. The van der Waals surface area contributed by atoms with E-state index in [1.165, 1.54) is 5.56 Å². The summed E-state index contributed by atoms with van der Waals surface area (Å²) >= 11 is 0. The van der Waals surface area contributed by atoms with Gasteiger partial charge in [-0.3, -0.25) is 14.7 Å². The number of ether oxygens (including phenoxy) is 1. The van der Waals surface area contributed by atoms with Crippen LogP contribution in [0.4, 0.5) is 0 Å². The van der Waals surface area contributed by atoms with Crippen molar-refractivity contribution in [2.75, 3.05) is 27.3 Å². The van der Waals surface area contributed by atoms with Gasteiger partial charge in [0.2, 0.25) is 0 Å². The molecule has 0 bridgehead atoms. The Morgan fingerprint density at radius 3 is 2.78 bits per heavy atom. The van der Waals surface area contributed by atoms with Crippen LogP contribution in [-0.4, -0.2) is 69.6 Å². The quantitative estimate of drug-likeness (QED) is 0.644. The van der Waals surface area contributed by atoms with Crippen LogP contribution in [0.15, 0.2) is 18.2 Å². The van der Waals surface area contributed by atoms with Crippen LogP contribution in [0.1, 0.15) is 56.2 Å². The number of H-pyrrole nitrogens is 2. The van der Waals surface area contributed by atoms with Gasteiger partial charge in [-0.1, -0.05) is 12.1 Å². The van der Waals surface area contributed by atoms with Gasteiger partial charge >= 0.3 is 0 Å². The molecule has 3 heterocycles. The zero-order valence-corrected chi connectivity index (χ0v) is 19.0. The number of benzene rings is 1. The van der Waals surface area contributed by atoms with Crippen molar-refractivity contribution in [3.8, 4) is 0 Å². The molecule has 1 aliphatic heterocycles. The first-order chi connectivity index (χ1) is 15.3. The molecule has 8 nitrogen and oxygen atoms in total. The average Bonchev–Trinajstić information content (AvgIpc) is 3.26. The average molecular weight is 436 g/mol. The normalized spacial score (nSPS) is 16.8. The van der Waals surface area contributed by atoms with Crippen LogP contribution in [0.2, 0.25) is 0 Å². The van der Waals surface area contributed by atoms with Crippen LogP contribution in [-0.2, 0) is 17.7 Å². The standard InChI is InChI=1S/C24H29N5O3/c1-14-5-6-16-11-19(25-20(16)15(14)2)22(30)29-10-7-18-17(12-29)21(27-26-18)23(31)28(3)24(8-9-24)13-32-4/h5-6,11,25H,7-10,12-13H2,1-4H3,(H,26,27). The van der Waals surface area contributed by atoms with Crippen LogP contribution in [0.25, 0.3) is 10.9 Å². The Morgan fingerprint density at radius 2 is 2.06 bits per heavy atom. The number of aromatic nitrogens is 3. The second kappa shape index (κ2) is 7.48. The molecule has 1 aliphatic carbocycles. The number of methoxy groups -OCH3 is 1. The number of amides is 2. The van der Waals surface area contributed by atoms with Gasteiger partial charge < -0.3 is 19.5 Å². The van der Waals surface area contributed by atoms with E-state index in [2.05, 4.69) is 35.1 Å². The summed E-state index contributed by atoms with van der Waals surface area (Å²) in [5, 5.41) is 8.40. The number of aromatic amines is 2. The molecule has 168 valence electrons. The number of hydrogen-bond acceptors (Lipinski definition) is 4.